The summed E-state index contributed by atoms with van der Waals surface area (Å²) in [6, 6.07) is 12.4. The van der Waals surface area contributed by atoms with Gasteiger partial charge in [0.15, 0.2) is 0 Å². The molecule has 9 nitrogen and oxygen atoms in total. The monoisotopic (exact) mass is 470 g/mol. The number of nitrogens with one attached hydrogen (secondary N) is 2. The van der Waals surface area contributed by atoms with Gasteiger partial charge in [0.05, 0.1) is 12.0 Å². The van der Waals surface area contributed by atoms with Gasteiger partial charge in [0.25, 0.3) is 5.69 Å². The van der Waals surface area contributed by atoms with E-state index < -0.39 is 4.92 Å². The summed E-state index contributed by atoms with van der Waals surface area (Å²) in [6.45, 7) is 3.00. The van der Waals surface area contributed by atoms with Crippen molar-refractivity contribution in [3.63, 3.8) is 0 Å². The van der Waals surface area contributed by atoms with Gasteiger partial charge < -0.3 is 15.4 Å². The maximum atomic E-state index is 13.0. The lowest BCUT2D eigenvalue weighted by Gasteiger charge is -2.23. The molecule has 9 heteroatoms. The fourth-order valence-electron chi connectivity index (χ4n) is 3.41. The Balaban J connectivity index is 1.93. The number of methoxy groups -OCH3 is 1. The first-order valence-electron chi connectivity index (χ1n) is 11.7. The lowest BCUT2D eigenvalue weighted by molar-refractivity contribution is -0.384. The number of benzene rings is 2. The lowest BCUT2D eigenvalue weighted by Crippen LogP contribution is -2.37. The van der Waals surface area contributed by atoms with Crippen LogP contribution in [0.1, 0.15) is 51.9 Å². The van der Waals surface area contributed by atoms with Gasteiger partial charge in [-0.1, -0.05) is 32.6 Å². The molecule has 184 valence electrons. The lowest BCUT2D eigenvalue weighted by atomic mass is 10.1. The number of hydrogen-bond donors (Lipinski definition) is 2. The molecule has 0 saturated carbocycles. The fraction of sp³-hybridized carbons (Fsp3) is 0.440. The Morgan fingerprint density at radius 2 is 1.65 bits per heavy atom. The second-order valence-corrected chi connectivity index (χ2v) is 7.95. The number of carbonyl (C=O) groups excluding carboxylic acids is 2. The number of nitrogens with zero attached hydrogens (tertiary/aromatic N) is 2. The van der Waals surface area contributed by atoms with Gasteiger partial charge in [-0.2, -0.15) is 0 Å². The number of rotatable bonds is 14. The number of unbranched alkanes of at least 4 members (excludes halogenated alkanes) is 4. The molecule has 2 aromatic carbocycles. The first-order valence-corrected chi connectivity index (χ1v) is 11.7. The van der Waals surface area contributed by atoms with Crippen LogP contribution in [0.2, 0.25) is 0 Å². The molecule has 0 fully saturated rings. The van der Waals surface area contributed by atoms with E-state index >= 15 is 0 Å². The van der Waals surface area contributed by atoms with Crippen LogP contribution in [0.3, 0.4) is 0 Å². The molecule has 0 atom stereocenters. The van der Waals surface area contributed by atoms with E-state index in [4.69, 9.17) is 4.74 Å². The minimum absolute atomic E-state index is 0.0304. The van der Waals surface area contributed by atoms with Crippen LogP contribution in [-0.2, 0) is 4.79 Å². The summed E-state index contributed by atoms with van der Waals surface area (Å²) in [4.78, 5) is 37.0. The SMILES string of the molecule is CCCCCCCC(=O)NCCCN(C(=O)Nc1ccc([N+](=O)[O-])cc1)c1ccc(OC)cc1. The first-order chi connectivity index (χ1) is 16.4. The molecule has 2 N–H and O–H groups in total. The van der Waals surface area contributed by atoms with Gasteiger partial charge in [0.2, 0.25) is 5.91 Å². The van der Waals surface area contributed by atoms with E-state index in [2.05, 4.69) is 17.6 Å². The normalized spacial score (nSPS) is 10.4. The topological polar surface area (TPSA) is 114 Å². The molecule has 0 aliphatic heterocycles. The van der Waals surface area contributed by atoms with Crippen LogP contribution in [0, 0.1) is 10.1 Å². The van der Waals surface area contributed by atoms with Gasteiger partial charge in [-0.15, -0.1) is 0 Å². The molecule has 0 heterocycles. The Bertz CT molecular complexity index is 916. The van der Waals surface area contributed by atoms with Crippen LogP contribution in [0.4, 0.5) is 21.9 Å². The van der Waals surface area contributed by atoms with Crippen LogP contribution in [0.5, 0.6) is 5.75 Å². The number of anilines is 2. The summed E-state index contributed by atoms with van der Waals surface area (Å²) < 4.78 is 5.19. The average molecular weight is 471 g/mol. The van der Waals surface area contributed by atoms with Crippen LogP contribution in [-0.4, -0.2) is 37.1 Å². The zero-order valence-electron chi connectivity index (χ0n) is 19.9. The van der Waals surface area contributed by atoms with Crippen molar-refractivity contribution in [3.8, 4) is 5.75 Å². The highest BCUT2D eigenvalue weighted by Crippen LogP contribution is 2.21. The third-order valence-corrected chi connectivity index (χ3v) is 5.35. The minimum Gasteiger partial charge on any atom is -0.497 e. The molecule has 2 rings (SSSR count). The Hall–Kier alpha value is -3.62. The molecule has 0 aliphatic carbocycles. The molecule has 0 saturated heterocycles. The maximum Gasteiger partial charge on any atom is 0.326 e. The quantitative estimate of drug-likeness (QED) is 0.215. The Morgan fingerprint density at radius 3 is 2.26 bits per heavy atom. The molecule has 0 unspecified atom stereocenters. The van der Waals surface area contributed by atoms with Crippen molar-refractivity contribution in [2.75, 3.05) is 30.4 Å². The smallest absolute Gasteiger partial charge is 0.326 e. The van der Waals surface area contributed by atoms with Crippen LogP contribution in [0.15, 0.2) is 48.5 Å². The van der Waals surface area contributed by atoms with Gasteiger partial charge >= 0.3 is 6.03 Å². The van der Waals surface area contributed by atoms with E-state index in [1.807, 2.05) is 0 Å². The predicted molar refractivity (Wildman–Crippen MR) is 133 cm³/mol. The zero-order chi connectivity index (χ0) is 24.8. The van der Waals surface area contributed by atoms with E-state index in [1.54, 1.807) is 36.3 Å². The Morgan fingerprint density at radius 1 is 0.971 bits per heavy atom. The highest BCUT2D eigenvalue weighted by atomic mass is 16.6. The minimum atomic E-state index is -0.491. The van der Waals surface area contributed by atoms with E-state index in [0.29, 0.717) is 43.1 Å². The third-order valence-electron chi connectivity index (χ3n) is 5.35. The molecule has 0 bridgehead atoms. The number of hydrogen-bond acceptors (Lipinski definition) is 5. The van der Waals surface area contributed by atoms with Crippen molar-refractivity contribution < 1.29 is 19.2 Å². The van der Waals surface area contributed by atoms with E-state index in [0.717, 1.165) is 19.3 Å². The third kappa shape index (κ3) is 9.09. The highest BCUT2D eigenvalue weighted by Gasteiger charge is 2.17. The van der Waals surface area contributed by atoms with E-state index in [9.17, 15) is 19.7 Å². The Labute approximate surface area is 200 Å². The van der Waals surface area contributed by atoms with E-state index in [1.165, 1.54) is 37.1 Å². The molecule has 0 radical (unpaired) electrons. The zero-order valence-corrected chi connectivity index (χ0v) is 19.9. The van der Waals surface area contributed by atoms with Crippen LogP contribution >= 0.6 is 0 Å². The number of amides is 3. The van der Waals surface area contributed by atoms with Gasteiger partial charge in [-0.25, -0.2) is 4.79 Å². The number of non-ortho nitro benzene ring substituents is 1. The predicted octanol–water partition coefficient (Wildman–Crippen LogP) is 5.51. The molecular weight excluding hydrogens is 436 g/mol. The maximum absolute atomic E-state index is 13.0. The van der Waals surface area contributed by atoms with Crippen molar-refractivity contribution in [2.24, 2.45) is 0 Å². The van der Waals surface area contributed by atoms with Crippen LogP contribution in [0.25, 0.3) is 0 Å². The molecule has 0 spiro atoms. The number of nitro groups is 1. The molecule has 34 heavy (non-hydrogen) atoms. The number of nitro benzene ring substituents is 1. The molecule has 2 aromatic rings. The molecular formula is C25H34N4O5. The first kappa shape index (κ1) is 26.6. The van der Waals surface area contributed by atoms with Crippen molar-refractivity contribution in [1.29, 1.82) is 0 Å². The van der Waals surface area contributed by atoms with Crippen LogP contribution < -0.4 is 20.3 Å². The summed E-state index contributed by atoms with van der Waals surface area (Å²) in [6.07, 6.45) is 6.58. The molecule has 0 aromatic heterocycles. The molecule has 0 aliphatic rings. The van der Waals surface area contributed by atoms with Gasteiger partial charge in [-0.3, -0.25) is 19.8 Å². The second-order valence-electron chi connectivity index (χ2n) is 7.95. The summed E-state index contributed by atoms with van der Waals surface area (Å²) in [5, 5.41) is 16.5. The summed E-state index contributed by atoms with van der Waals surface area (Å²) in [5.41, 5.74) is 1.07. The fourth-order valence-corrected chi connectivity index (χ4v) is 3.41. The average Bonchev–Trinajstić information content (AvgIpc) is 2.84. The van der Waals surface area contributed by atoms with Gasteiger partial charge in [0.1, 0.15) is 5.75 Å². The number of urea groups is 1. The van der Waals surface area contributed by atoms with Gasteiger partial charge in [0, 0.05) is 43.0 Å². The number of ether oxygens (including phenoxy) is 1. The summed E-state index contributed by atoms with van der Waals surface area (Å²) in [5.74, 6) is 0.702. The summed E-state index contributed by atoms with van der Waals surface area (Å²) in [7, 11) is 1.57. The van der Waals surface area contributed by atoms with Crippen molar-refractivity contribution in [3.05, 3.63) is 58.6 Å². The second kappa shape index (κ2) is 14.5. The standard InChI is InChI=1S/C25H34N4O5/c1-3-4-5-6-7-9-24(30)26-18-8-19-28(21-14-16-23(34-2)17-15-21)25(31)27-20-10-12-22(13-11-20)29(32)33/h10-17H,3-9,18-19H2,1-2H3,(H,26,30)(H,27,31). The van der Waals surface area contributed by atoms with Crippen molar-refractivity contribution in [1.82, 2.24) is 5.32 Å². The summed E-state index contributed by atoms with van der Waals surface area (Å²) >= 11 is 0. The number of carbonyl (C=O) groups is 2. The van der Waals surface area contributed by atoms with Gasteiger partial charge in [-0.05, 0) is 49.2 Å². The highest BCUT2D eigenvalue weighted by molar-refractivity contribution is 6.01. The Kier molecular flexibility index (Phi) is 11.4. The van der Waals surface area contributed by atoms with E-state index in [-0.39, 0.29) is 17.6 Å². The largest absolute Gasteiger partial charge is 0.497 e. The molecule has 3 amide bonds. The van der Waals surface area contributed by atoms with Crippen molar-refractivity contribution in [2.45, 2.75) is 51.9 Å². The van der Waals surface area contributed by atoms with Crippen molar-refractivity contribution >= 4 is 29.0 Å².